The number of piperidine rings is 1. The van der Waals surface area contributed by atoms with Gasteiger partial charge in [-0.25, -0.2) is 0 Å². The van der Waals surface area contributed by atoms with Crippen molar-refractivity contribution < 1.29 is 9.59 Å². The summed E-state index contributed by atoms with van der Waals surface area (Å²) in [6, 6.07) is 0.595. The third-order valence-corrected chi connectivity index (χ3v) is 4.06. The normalized spacial score (nSPS) is 27.4. The maximum absolute atomic E-state index is 12.5. The van der Waals surface area contributed by atoms with Gasteiger partial charge in [0.05, 0.1) is 5.92 Å². The fraction of sp³-hybridized carbons (Fsp3) is 0.857. The van der Waals surface area contributed by atoms with Crippen LogP contribution in [0.15, 0.2) is 0 Å². The lowest BCUT2D eigenvalue weighted by molar-refractivity contribution is -0.138. The molecule has 2 atom stereocenters. The molecule has 0 aromatic carbocycles. The molecule has 2 amide bonds. The molecular formula is C14H25N3O2. The van der Waals surface area contributed by atoms with Crippen molar-refractivity contribution in [1.82, 2.24) is 15.5 Å². The van der Waals surface area contributed by atoms with E-state index in [2.05, 4.69) is 10.6 Å². The Labute approximate surface area is 115 Å². The summed E-state index contributed by atoms with van der Waals surface area (Å²) in [7, 11) is 0. The third-order valence-electron chi connectivity index (χ3n) is 4.06. The highest BCUT2D eigenvalue weighted by Crippen LogP contribution is 2.17. The summed E-state index contributed by atoms with van der Waals surface area (Å²) in [5.74, 6) is -0.0444. The van der Waals surface area contributed by atoms with Crippen LogP contribution in [0.2, 0.25) is 0 Å². The molecule has 2 rings (SSSR count). The Morgan fingerprint density at radius 2 is 2.21 bits per heavy atom. The second-order valence-electron chi connectivity index (χ2n) is 5.94. The van der Waals surface area contributed by atoms with Gasteiger partial charge in [0.25, 0.3) is 0 Å². The van der Waals surface area contributed by atoms with Crippen molar-refractivity contribution in [3.8, 4) is 0 Å². The molecule has 0 spiro atoms. The Morgan fingerprint density at radius 3 is 2.74 bits per heavy atom. The number of hydrogen-bond donors (Lipinski definition) is 2. The molecule has 2 unspecified atom stereocenters. The molecule has 0 aromatic heterocycles. The third kappa shape index (κ3) is 3.69. The van der Waals surface area contributed by atoms with Gasteiger partial charge in [0.2, 0.25) is 11.8 Å². The topological polar surface area (TPSA) is 61.4 Å². The van der Waals surface area contributed by atoms with E-state index in [1.165, 1.54) is 12.8 Å². The number of nitrogens with zero attached hydrogens (tertiary/aromatic N) is 1. The monoisotopic (exact) mass is 267 g/mol. The summed E-state index contributed by atoms with van der Waals surface area (Å²) in [4.78, 5) is 25.7. The molecule has 2 heterocycles. The van der Waals surface area contributed by atoms with Crippen molar-refractivity contribution in [3.63, 3.8) is 0 Å². The fourth-order valence-electron chi connectivity index (χ4n) is 2.89. The standard InChI is InChI=1S/C14H25N3O2/c1-10(2)17(9-12-5-3-4-6-15-12)14(19)11-7-13(18)16-8-11/h10-12,15H,3-9H2,1-2H3,(H,16,18). The Balaban J connectivity index is 1.94. The first kappa shape index (κ1) is 14.3. The van der Waals surface area contributed by atoms with E-state index >= 15 is 0 Å². The van der Waals surface area contributed by atoms with Crippen molar-refractivity contribution in [2.45, 2.75) is 51.6 Å². The van der Waals surface area contributed by atoms with Crippen LogP contribution in [-0.4, -0.2) is 48.4 Å². The van der Waals surface area contributed by atoms with Crippen molar-refractivity contribution in [2.75, 3.05) is 19.6 Å². The number of carbonyl (C=O) groups is 2. The SMILES string of the molecule is CC(C)N(CC1CCCCN1)C(=O)C1CNC(=O)C1. The Kier molecular flexibility index (Phi) is 4.80. The van der Waals surface area contributed by atoms with Crippen LogP contribution in [-0.2, 0) is 9.59 Å². The van der Waals surface area contributed by atoms with Crippen molar-refractivity contribution in [3.05, 3.63) is 0 Å². The lowest BCUT2D eigenvalue weighted by Gasteiger charge is -2.34. The highest BCUT2D eigenvalue weighted by Gasteiger charge is 2.33. The Bertz CT molecular complexity index is 338. The minimum absolute atomic E-state index is 0.00199. The quantitative estimate of drug-likeness (QED) is 0.780. The smallest absolute Gasteiger partial charge is 0.228 e. The molecule has 2 aliphatic rings. The Morgan fingerprint density at radius 1 is 1.42 bits per heavy atom. The van der Waals surface area contributed by atoms with Gasteiger partial charge in [0, 0.05) is 31.6 Å². The highest BCUT2D eigenvalue weighted by molar-refractivity contribution is 5.89. The highest BCUT2D eigenvalue weighted by atomic mass is 16.2. The van der Waals surface area contributed by atoms with Crippen LogP contribution in [0.5, 0.6) is 0 Å². The van der Waals surface area contributed by atoms with Crippen molar-refractivity contribution in [1.29, 1.82) is 0 Å². The number of carbonyl (C=O) groups excluding carboxylic acids is 2. The average Bonchev–Trinajstić information content (AvgIpc) is 2.83. The molecule has 0 saturated carbocycles. The molecule has 0 aromatic rings. The van der Waals surface area contributed by atoms with Crippen LogP contribution in [0.4, 0.5) is 0 Å². The van der Waals surface area contributed by atoms with Gasteiger partial charge < -0.3 is 15.5 Å². The van der Waals surface area contributed by atoms with E-state index in [-0.39, 0.29) is 23.8 Å². The van der Waals surface area contributed by atoms with Crippen LogP contribution < -0.4 is 10.6 Å². The maximum Gasteiger partial charge on any atom is 0.228 e. The number of amides is 2. The summed E-state index contributed by atoms with van der Waals surface area (Å²) in [5.41, 5.74) is 0. The van der Waals surface area contributed by atoms with E-state index in [1.54, 1.807) is 0 Å². The van der Waals surface area contributed by atoms with Gasteiger partial charge in [0.15, 0.2) is 0 Å². The molecule has 5 nitrogen and oxygen atoms in total. The molecule has 5 heteroatoms. The molecule has 2 saturated heterocycles. The zero-order valence-electron chi connectivity index (χ0n) is 11.9. The molecule has 19 heavy (non-hydrogen) atoms. The van der Waals surface area contributed by atoms with Crippen LogP contribution in [0.25, 0.3) is 0 Å². The van der Waals surface area contributed by atoms with Crippen LogP contribution >= 0.6 is 0 Å². The fourth-order valence-corrected chi connectivity index (χ4v) is 2.89. The molecule has 108 valence electrons. The van der Waals surface area contributed by atoms with Gasteiger partial charge in [-0.05, 0) is 33.2 Å². The van der Waals surface area contributed by atoms with E-state index < -0.39 is 0 Å². The molecule has 2 aliphatic heterocycles. The lowest BCUT2D eigenvalue weighted by atomic mass is 10.0. The molecule has 2 fully saturated rings. The van der Waals surface area contributed by atoms with E-state index in [1.807, 2.05) is 18.7 Å². The van der Waals surface area contributed by atoms with Gasteiger partial charge in [-0.3, -0.25) is 9.59 Å². The largest absolute Gasteiger partial charge is 0.355 e. The second-order valence-corrected chi connectivity index (χ2v) is 5.94. The first-order chi connectivity index (χ1) is 9.08. The summed E-state index contributed by atoms with van der Waals surface area (Å²) >= 11 is 0. The lowest BCUT2D eigenvalue weighted by Crippen LogP contribution is -2.50. The molecule has 0 radical (unpaired) electrons. The van der Waals surface area contributed by atoms with E-state index in [4.69, 9.17) is 0 Å². The first-order valence-corrected chi connectivity index (χ1v) is 7.38. The van der Waals surface area contributed by atoms with Crippen molar-refractivity contribution in [2.24, 2.45) is 5.92 Å². The maximum atomic E-state index is 12.5. The Hall–Kier alpha value is -1.10. The zero-order chi connectivity index (χ0) is 13.8. The molecule has 2 N–H and O–H groups in total. The van der Waals surface area contributed by atoms with Gasteiger partial charge in [-0.15, -0.1) is 0 Å². The summed E-state index contributed by atoms with van der Waals surface area (Å²) in [6.45, 7) is 6.41. The zero-order valence-corrected chi connectivity index (χ0v) is 11.9. The average molecular weight is 267 g/mol. The predicted octanol–water partition coefficient (Wildman–Crippen LogP) is 0.502. The summed E-state index contributed by atoms with van der Waals surface area (Å²) < 4.78 is 0. The first-order valence-electron chi connectivity index (χ1n) is 7.38. The second kappa shape index (κ2) is 6.37. The minimum atomic E-state index is -0.168. The number of rotatable bonds is 4. The van der Waals surface area contributed by atoms with E-state index in [9.17, 15) is 9.59 Å². The number of nitrogens with one attached hydrogen (secondary N) is 2. The van der Waals surface area contributed by atoms with Crippen LogP contribution in [0.1, 0.15) is 39.5 Å². The summed E-state index contributed by atoms with van der Waals surface area (Å²) in [6.07, 6.45) is 3.95. The summed E-state index contributed by atoms with van der Waals surface area (Å²) in [5, 5.41) is 6.23. The van der Waals surface area contributed by atoms with E-state index in [0.717, 1.165) is 19.5 Å². The molecule has 0 bridgehead atoms. The molecule has 0 aliphatic carbocycles. The van der Waals surface area contributed by atoms with Crippen LogP contribution in [0, 0.1) is 5.92 Å². The van der Waals surface area contributed by atoms with Crippen LogP contribution in [0.3, 0.4) is 0 Å². The molecular weight excluding hydrogens is 242 g/mol. The predicted molar refractivity (Wildman–Crippen MR) is 73.6 cm³/mol. The van der Waals surface area contributed by atoms with Gasteiger partial charge in [0.1, 0.15) is 0 Å². The number of hydrogen-bond acceptors (Lipinski definition) is 3. The van der Waals surface area contributed by atoms with Crippen molar-refractivity contribution >= 4 is 11.8 Å². The minimum Gasteiger partial charge on any atom is -0.355 e. The van der Waals surface area contributed by atoms with Gasteiger partial charge in [-0.1, -0.05) is 6.42 Å². The van der Waals surface area contributed by atoms with Gasteiger partial charge >= 0.3 is 0 Å². The van der Waals surface area contributed by atoms with E-state index in [0.29, 0.717) is 19.0 Å². The van der Waals surface area contributed by atoms with Gasteiger partial charge in [-0.2, -0.15) is 0 Å².